The van der Waals surface area contributed by atoms with Crippen LogP contribution in [0.1, 0.15) is 42.5 Å². The van der Waals surface area contributed by atoms with Crippen molar-refractivity contribution in [2.75, 3.05) is 13.1 Å². The number of sulfonamides is 1. The van der Waals surface area contributed by atoms with Crippen LogP contribution in [0, 0.1) is 0 Å². The van der Waals surface area contributed by atoms with E-state index in [9.17, 15) is 21.6 Å². The van der Waals surface area contributed by atoms with Crippen LogP contribution in [0.4, 0.5) is 13.2 Å². The Labute approximate surface area is 159 Å². The van der Waals surface area contributed by atoms with Gasteiger partial charge in [0, 0.05) is 25.2 Å². The first kappa shape index (κ1) is 18.7. The van der Waals surface area contributed by atoms with E-state index < -0.39 is 31.7 Å². The highest BCUT2D eigenvalue weighted by molar-refractivity contribution is 7.89. The van der Waals surface area contributed by atoms with Gasteiger partial charge in [0.25, 0.3) is 0 Å². The van der Waals surface area contributed by atoms with Gasteiger partial charge in [0.1, 0.15) is 0 Å². The van der Waals surface area contributed by atoms with E-state index in [0.717, 1.165) is 30.7 Å². The normalized spacial score (nSPS) is 21.7. The molecule has 1 saturated heterocycles. The Morgan fingerprint density at radius 2 is 1.93 bits per heavy atom. The average molecular weight is 421 g/mol. The van der Waals surface area contributed by atoms with Crippen LogP contribution < -0.4 is 0 Å². The number of rotatable bonds is 4. The lowest BCUT2D eigenvalue weighted by Gasteiger charge is -2.18. The van der Waals surface area contributed by atoms with Crippen molar-refractivity contribution in [3.8, 4) is 0 Å². The Hall–Kier alpha value is -1.65. The van der Waals surface area contributed by atoms with Gasteiger partial charge in [0.2, 0.25) is 10.0 Å². The van der Waals surface area contributed by atoms with Crippen molar-refractivity contribution in [2.45, 2.75) is 42.3 Å². The molecule has 2 fully saturated rings. The van der Waals surface area contributed by atoms with Crippen molar-refractivity contribution >= 4 is 21.6 Å². The highest BCUT2D eigenvalue weighted by Crippen LogP contribution is 2.39. The molecule has 1 aromatic heterocycles. The summed E-state index contributed by atoms with van der Waals surface area (Å²) in [5, 5.41) is 7.68. The summed E-state index contributed by atoms with van der Waals surface area (Å²) in [5.74, 6) is 0.440. The molecule has 1 aliphatic carbocycles. The van der Waals surface area contributed by atoms with E-state index in [-0.39, 0.29) is 19.1 Å². The van der Waals surface area contributed by atoms with Gasteiger partial charge in [-0.2, -0.15) is 17.5 Å². The summed E-state index contributed by atoms with van der Waals surface area (Å²) in [6, 6.07) is 2.46. The van der Waals surface area contributed by atoms with Crippen LogP contribution in [-0.4, -0.2) is 40.8 Å². The van der Waals surface area contributed by atoms with Crippen LogP contribution in [0.5, 0.6) is 0 Å². The molecule has 146 valence electrons. The fourth-order valence-corrected chi connectivity index (χ4v) is 4.95. The Balaban J connectivity index is 1.56. The van der Waals surface area contributed by atoms with Crippen molar-refractivity contribution < 1.29 is 21.6 Å². The van der Waals surface area contributed by atoms with Gasteiger partial charge in [-0.05, 0) is 37.5 Å². The monoisotopic (exact) mass is 420 g/mol. The second-order valence-corrected chi connectivity index (χ2v) is 9.19. The molecule has 1 unspecified atom stereocenters. The zero-order chi connectivity index (χ0) is 19.4. The number of hydrogen-bond acceptors (Lipinski definition) is 4. The van der Waals surface area contributed by atoms with Crippen LogP contribution in [0.3, 0.4) is 0 Å². The molecule has 0 amide bonds. The summed E-state index contributed by atoms with van der Waals surface area (Å²) in [5.41, 5.74) is -0.254. The van der Waals surface area contributed by atoms with Crippen LogP contribution in [0.2, 0.25) is 5.02 Å². The fourth-order valence-electron chi connectivity index (χ4n) is 3.21. The molecule has 0 N–H and O–H groups in total. The SMILES string of the molecule is O=S(=O)(c1ccc(Cl)c(C(F)(F)F)c1)N1CCC(n2cc(C3CC3)nn2)C1. The molecule has 1 aliphatic heterocycles. The topological polar surface area (TPSA) is 68.1 Å². The highest BCUT2D eigenvalue weighted by atomic mass is 35.5. The summed E-state index contributed by atoms with van der Waals surface area (Å²) in [4.78, 5) is -0.419. The zero-order valence-electron chi connectivity index (χ0n) is 14.0. The van der Waals surface area contributed by atoms with E-state index in [1.807, 2.05) is 6.20 Å². The van der Waals surface area contributed by atoms with Crippen molar-refractivity contribution in [3.63, 3.8) is 0 Å². The molecule has 0 spiro atoms. The van der Waals surface area contributed by atoms with Gasteiger partial charge in [0.15, 0.2) is 0 Å². The molecule has 2 aromatic rings. The lowest BCUT2D eigenvalue weighted by Crippen LogP contribution is -2.29. The summed E-state index contributed by atoms with van der Waals surface area (Å²) < 4.78 is 67.5. The van der Waals surface area contributed by atoms with Gasteiger partial charge < -0.3 is 0 Å². The van der Waals surface area contributed by atoms with E-state index in [0.29, 0.717) is 18.4 Å². The third-order valence-electron chi connectivity index (χ3n) is 4.90. The Kier molecular flexibility index (Phi) is 4.47. The zero-order valence-corrected chi connectivity index (χ0v) is 15.6. The summed E-state index contributed by atoms with van der Waals surface area (Å²) in [6.07, 6.45) is -0.199. The number of alkyl halides is 3. The molecule has 27 heavy (non-hydrogen) atoms. The second kappa shape index (κ2) is 6.46. The average Bonchev–Trinajstić information content (AvgIpc) is 3.11. The van der Waals surface area contributed by atoms with Gasteiger partial charge >= 0.3 is 6.18 Å². The maximum atomic E-state index is 13.0. The predicted molar refractivity (Wildman–Crippen MR) is 90.9 cm³/mol. The van der Waals surface area contributed by atoms with Crippen molar-refractivity contribution in [3.05, 3.63) is 40.7 Å². The Bertz CT molecular complexity index is 972. The first-order chi connectivity index (χ1) is 12.7. The number of aromatic nitrogens is 3. The number of benzene rings is 1. The number of hydrogen-bond donors (Lipinski definition) is 0. The lowest BCUT2D eigenvalue weighted by molar-refractivity contribution is -0.137. The minimum Gasteiger partial charge on any atom is -0.248 e. The van der Waals surface area contributed by atoms with Crippen LogP contribution in [-0.2, 0) is 16.2 Å². The van der Waals surface area contributed by atoms with E-state index in [1.165, 1.54) is 4.31 Å². The lowest BCUT2D eigenvalue weighted by atomic mass is 10.2. The molecule has 6 nitrogen and oxygen atoms in total. The second-order valence-electron chi connectivity index (χ2n) is 6.84. The molecule has 2 heterocycles. The molecule has 2 aliphatic rings. The smallest absolute Gasteiger partial charge is 0.248 e. The molecule has 0 bridgehead atoms. The number of halogens is 4. The van der Waals surface area contributed by atoms with Gasteiger partial charge in [-0.25, -0.2) is 13.1 Å². The van der Waals surface area contributed by atoms with Gasteiger partial charge in [-0.15, -0.1) is 5.10 Å². The van der Waals surface area contributed by atoms with Crippen molar-refractivity contribution in [2.24, 2.45) is 0 Å². The van der Waals surface area contributed by atoms with Crippen molar-refractivity contribution in [1.82, 2.24) is 19.3 Å². The maximum Gasteiger partial charge on any atom is 0.417 e. The van der Waals surface area contributed by atoms with E-state index in [1.54, 1.807) is 4.68 Å². The number of nitrogens with zero attached hydrogens (tertiary/aromatic N) is 4. The molecule has 4 rings (SSSR count). The van der Waals surface area contributed by atoms with Gasteiger partial charge in [0.05, 0.1) is 27.2 Å². The molecule has 0 radical (unpaired) electrons. The summed E-state index contributed by atoms with van der Waals surface area (Å²) >= 11 is 5.58. The van der Waals surface area contributed by atoms with Crippen LogP contribution in [0.15, 0.2) is 29.3 Å². The third kappa shape index (κ3) is 3.57. The molecule has 1 aromatic carbocycles. The summed E-state index contributed by atoms with van der Waals surface area (Å²) in [7, 11) is -4.06. The largest absolute Gasteiger partial charge is 0.417 e. The first-order valence-electron chi connectivity index (χ1n) is 8.45. The Morgan fingerprint density at radius 1 is 1.19 bits per heavy atom. The standard InChI is InChI=1S/C16H16ClF3N4O2S/c17-14-4-3-12(7-13(14)16(18,19)20)27(25,26)23-6-5-11(8-23)24-9-15(21-22-24)10-1-2-10/h3-4,7,9-11H,1-2,5-6,8H2. The van der Waals surface area contributed by atoms with Gasteiger partial charge in [-0.1, -0.05) is 16.8 Å². The molecular weight excluding hydrogens is 405 g/mol. The molecule has 11 heteroatoms. The van der Waals surface area contributed by atoms with E-state index in [4.69, 9.17) is 11.6 Å². The molecule has 1 atom stereocenters. The van der Waals surface area contributed by atoms with Crippen LogP contribution in [0.25, 0.3) is 0 Å². The van der Waals surface area contributed by atoms with Crippen LogP contribution >= 0.6 is 11.6 Å². The third-order valence-corrected chi connectivity index (χ3v) is 7.10. The predicted octanol–water partition coefficient (Wildman–Crippen LogP) is 3.46. The minimum atomic E-state index is -4.73. The maximum absolute atomic E-state index is 13.0. The van der Waals surface area contributed by atoms with E-state index >= 15 is 0 Å². The molecule has 1 saturated carbocycles. The fraction of sp³-hybridized carbons (Fsp3) is 0.500. The Morgan fingerprint density at radius 3 is 2.59 bits per heavy atom. The van der Waals surface area contributed by atoms with E-state index in [2.05, 4.69) is 10.3 Å². The molecular formula is C16H16ClF3N4O2S. The minimum absolute atomic E-state index is 0.139. The quantitative estimate of drug-likeness (QED) is 0.759. The van der Waals surface area contributed by atoms with Crippen molar-refractivity contribution in [1.29, 1.82) is 0 Å². The highest BCUT2D eigenvalue weighted by Gasteiger charge is 2.38. The van der Waals surface area contributed by atoms with Gasteiger partial charge in [-0.3, -0.25) is 0 Å². The first-order valence-corrected chi connectivity index (χ1v) is 10.3. The summed E-state index contributed by atoms with van der Waals surface area (Å²) in [6.45, 7) is 0.343.